The number of carbonyl (C=O) groups is 1. The number of hydrazine groups is 1. The van der Waals surface area contributed by atoms with Gasteiger partial charge in [-0.05, 0) is 63.7 Å². The van der Waals surface area contributed by atoms with Gasteiger partial charge in [0.1, 0.15) is 6.33 Å². The third-order valence-electron chi connectivity index (χ3n) is 7.33. The van der Waals surface area contributed by atoms with Gasteiger partial charge in [-0.1, -0.05) is 0 Å². The number of amides is 1. The van der Waals surface area contributed by atoms with Crippen LogP contribution in [0.3, 0.4) is 0 Å². The number of carbonyl (C=O) groups excluding carboxylic acids is 1. The molecule has 2 N–H and O–H groups in total. The molecule has 28 heavy (non-hydrogen) atoms. The molecule has 1 saturated heterocycles. The first-order chi connectivity index (χ1) is 13.4. The molecule has 2 unspecified atom stereocenters. The number of rotatable bonds is 3. The Morgan fingerprint density at radius 1 is 1.14 bits per heavy atom. The minimum absolute atomic E-state index is 0.00589. The van der Waals surface area contributed by atoms with Crippen LogP contribution in [0, 0.1) is 17.8 Å². The van der Waals surface area contributed by atoms with Crippen molar-refractivity contribution >= 4 is 5.91 Å². The Labute approximate surface area is 166 Å². The zero-order chi connectivity index (χ0) is 19.5. The Morgan fingerprint density at radius 3 is 2.32 bits per heavy atom. The van der Waals surface area contributed by atoms with E-state index in [0.717, 1.165) is 45.2 Å². The molecule has 1 aliphatic heterocycles. The molecule has 1 aromatic rings. The minimum atomic E-state index is -0.498. The summed E-state index contributed by atoms with van der Waals surface area (Å²) >= 11 is 0. The monoisotopic (exact) mass is 385 g/mol. The second kappa shape index (κ2) is 6.75. The maximum Gasteiger partial charge on any atom is 0.271 e. The summed E-state index contributed by atoms with van der Waals surface area (Å²) in [6, 6.07) is 0.821. The van der Waals surface area contributed by atoms with Gasteiger partial charge < -0.3 is 10.4 Å². The van der Waals surface area contributed by atoms with E-state index in [0.29, 0.717) is 35.4 Å². The predicted molar refractivity (Wildman–Crippen MR) is 104 cm³/mol. The number of piperazine rings is 1. The molecule has 7 heteroatoms. The summed E-state index contributed by atoms with van der Waals surface area (Å²) in [5.74, 6) is 1.39. The second-order valence-electron chi connectivity index (χ2n) is 9.80. The smallest absolute Gasteiger partial charge is 0.271 e. The Balaban J connectivity index is 1.50. The first kappa shape index (κ1) is 18.5. The van der Waals surface area contributed by atoms with E-state index in [4.69, 9.17) is 0 Å². The summed E-state index contributed by atoms with van der Waals surface area (Å²) in [6.45, 7) is 5.98. The lowest BCUT2D eigenvalue weighted by molar-refractivity contribution is -0.187. The van der Waals surface area contributed by atoms with E-state index < -0.39 is 5.60 Å². The summed E-state index contributed by atoms with van der Waals surface area (Å²) in [5.41, 5.74) is 0.0515. The topological polar surface area (TPSA) is 81.6 Å². The van der Waals surface area contributed by atoms with Crippen molar-refractivity contribution in [3.63, 3.8) is 0 Å². The molecular weight excluding hydrogens is 354 g/mol. The Kier molecular flexibility index (Phi) is 4.45. The van der Waals surface area contributed by atoms with E-state index in [1.807, 2.05) is 0 Å². The van der Waals surface area contributed by atoms with Crippen LogP contribution < -0.4 is 5.32 Å². The van der Waals surface area contributed by atoms with Gasteiger partial charge in [-0.3, -0.25) is 9.80 Å². The molecule has 6 rings (SSSR count). The van der Waals surface area contributed by atoms with Crippen molar-refractivity contribution in [1.82, 2.24) is 25.3 Å². The highest BCUT2D eigenvalue weighted by molar-refractivity contribution is 5.93. The number of aromatic nitrogens is 2. The highest BCUT2D eigenvalue weighted by atomic mass is 16.3. The fourth-order valence-corrected chi connectivity index (χ4v) is 6.82. The quantitative estimate of drug-likeness (QED) is 0.820. The number of aliphatic hydroxyl groups is 1. The van der Waals surface area contributed by atoms with Gasteiger partial charge in [0.25, 0.3) is 5.91 Å². The van der Waals surface area contributed by atoms with Crippen molar-refractivity contribution in [1.29, 1.82) is 0 Å². The SMILES string of the molecule is C[C@@H]1CN(N(C(=O)c2cncnc2)C2C3CC4CC2CC(O)(C4)C3)C[C@H](C)N1. The van der Waals surface area contributed by atoms with Crippen LogP contribution in [0.2, 0.25) is 0 Å². The number of hydrogen-bond acceptors (Lipinski definition) is 6. The lowest BCUT2D eigenvalue weighted by Gasteiger charge is -2.61. The fourth-order valence-electron chi connectivity index (χ4n) is 6.82. The van der Waals surface area contributed by atoms with Gasteiger partial charge in [0.15, 0.2) is 0 Å². The molecule has 5 fully saturated rings. The maximum absolute atomic E-state index is 13.7. The summed E-state index contributed by atoms with van der Waals surface area (Å²) < 4.78 is 0. The molecule has 7 nitrogen and oxygen atoms in total. The van der Waals surface area contributed by atoms with Crippen LogP contribution >= 0.6 is 0 Å². The maximum atomic E-state index is 13.7. The first-order valence-corrected chi connectivity index (χ1v) is 10.7. The van der Waals surface area contributed by atoms with Crippen LogP contribution in [-0.4, -0.2) is 67.8 Å². The van der Waals surface area contributed by atoms with Gasteiger partial charge in [-0.15, -0.1) is 0 Å². The third-order valence-corrected chi connectivity index (χ3v) is 7.33. The normalized spacial score (nSPS) is 42.5. The number of hydrogen-bond donors (Lipinski definition) is 2. The van der Waals surface area contributed by atoms with Crippen molar-refractivity contribution in [2.45, 2.75) is 69.7 Å². The zero-order valence-electron chi connectivity index (χ0n) is 16.8. The Bertz CT molecular complexity index is 718. The summed E-state index contributed by atoms with van der Waals surface area (Å²) in [5, 5.41) is 18.9. The van der Waals surface area contributed by atoms with Crippen molar-refractivity contribution in [3.05, 3.63) is 24.3 Å². The lowest BCUT2D eigenvalue weighted by Crippen LogP contribution is -2.69. The van der Waals surface area contributed by atoms with E-state index >= 15 is 0 Å². The predicted octanol–water partition coefficient (Wildman–Crippen LogP) is 1.46. The van der Waals surface area contributed by atoms with Crippen molar-refractivity contribution in [2.24, 2.45) is 17.8 Å². The third kappa shape index (κ3) is 3.13. The molecule has 0 spiro atoms. The summed E-state index contributed by atoms with van der Waals surface area (Å²) in [6.07, 6.45) is 9.60. The highest BCUT2D eigenvalue weighted by Crippen LogP contribution is 2.57. The second-order valence-corrected chi connectivity index (χ2v) is 9.80. The van der Waals surface area contributed by atoms with Gasteiger partial charge in [0, 0.05) is 37.6 Å². The van der Waals surface area contributed by atoms with Crippen LogP contribution in [0.15, 0.2) is 18.7 Å². The van der Waals surface area contributed by atoms with E-state index in [2.05, 4.69) is 39.2 Å². The molecule has 5 aliphatic rings. The Morgan fingerprint density at radius 2 is 1.75 bits per heavy atom. The van der Waals surface area contributed by atoms with Crippen molar-refractivity contribution in [3.8, 4) is 0 Å². The van der Waals surface area contributed by atoms with Gasteiger partial charge in [-0.25, -0.2) is 15.0 Å². The molecule has 4 aliphatic carbocycles. The minimum Gasteiger partial charge on any atom is -0.390 e. The zero-order valence-corrected chi connectivity index (χ0v) is 16.8. The largest absolute Gasteiger partial charge is 0.390 e. The van der Waals surface area contributed by atoms with Gasteiger partial charge in [-0.2, -0.15) is 0 Å². The molecule has 1 aromatic heterocycles. The molecule has 2 heterocycles. The molecule has 0 aromatic carbocycles. The molecule has 4 atom stereocenters. The van der Waals surface area contributed by atoms with E-state index in [1.165, 1.54) is 6.33 Å². The molecular formula is C21H31N5O2. The number of nitrogens with one attached hydrogen (secondary N) is 1. The molecule has 4 bridgehead atoms. The van der Waals surface area contributed by atoms with Gasteiger partial charge in [0.05, 0.1) is 17.2 Å². The average molecular weight is 386 g/mol. The summed E-state index contributed by atoms with van der Waals surface area (Å²) in [7, 11) is 0. The van der Waals surface area contributed by atoms with Crippen LogP contribution in [0.4, 0.5) is 0 Å². The Hall–Kier alpha value is -1.57. The standard InChI is InChI=1S/C21H31N5O2/c1-13-10-25(11-14(2)24-13)26(20(27)18-8-22-12-23-9-18)19-16-3-15-4-17(19)7-21(28,5-15)6-16/h8-9,12-17,19,24,28H,3-7,10-11H2,1-2H3/t13-,14+,15?,16?,17?,19?,21?. The van der Waals surface area contributed by atoms with E-state index in [1.54, 1.807) is 12.4 Å². The first-order valence-electron chi connectivity index (χ1n) is 10.7. The lowest BCUT2D eigenvalue weighted by atomic mass is 9.52. The van der Waals surface area contributed by atoms with E-state index in [-0.39, 0.29) is 11.9 Å². The fraction of sp³-hybridized carbons (Fsp3) is 0.762. The van der Waals surface area contributed by atoms with Gasteiger partial charge >= 0.3 is 0 Å². The van der Waals surface area contributed by atoms with Crippen LogP contribution in [-0.2, 0) is 0 Å². The van der Waals surface area contributed by atoms with Gasteiger partial charge in [0.2, 0.25) is 0 Å². The average Bonchev–Trinajstić information content (AvgIpc) is 2.62. The molecule has 1 amide bonds. The molecule has 152 valence electrons. The van der Waals surface area contributed by atoms with E-state index in [9.17, 15) is 9.90 Å². The highest BCUT2D eigenvalue weighted by Gasteiger charge is 2.57. The van der Waals surface area contributed by atoms with Crippen LogP contribution in [0.25, 0.3) is 0 Å². The van der Waals surface area contributed by atoms with Crippen molar-refractivity contribution < 1.29 is 9.90 Å². The summed E-state index contributed by atoms with van der Waals surface area (Å²) in [4.78, 5) is 21.8. The van der Waals surface area contributed by atoms with Crippen LogP contribution in [0.1, 0.15) is 56.3 Å². The molecule has 0 radical (unpaired) electrons. The van der Waals surface area contributed by atoms with Crippen molar-refractivity contribution in [2.75, 3.05) is 13.1 Å². The number of nitrogens with zero attached hydrogens (tertiary/aromatic N) is 4. The van der Waals surface area contributed by atoms with Crippen LogP contribution in [0.5, 0.6) is 0 Å². The molecule has 4 saturated carbocycles.